The molecule has 0 atom stereocenters. The van der Waals surface area contributed by atoms with E-state index in [1.54, 1.807) is 56.4 Å². The van der Waals surface area contributed by atoms with Gasteiger partial charge < -0.3 is 29.1 Å². The van der Waals surface area contributed by atoms with E-state index in [4.69, 9.17) is 0 Å². The number of ether oxygens (including phenoxy) is 2. The predicted molar refractivity (Wildman–Crippen MR) is 108 cm³/mol. The van der Waals surface area contributed by atoms with Crippen LogP contribution in [0.4, 0.5) is 9.59 Å². The van der Waals surface area contributed by atoms with Gasteiger partial charge >= 0.3 is 12.2 Å². The molecular weight excluding hydrogens is 356 g/mol. The molecule has 0 saturated carbocycles. The monoisotopic (exact) mass is 396 g/mol. The lowest BCUT2D eigenvalue weighted by Gasteiger charge is -2.05. The highest BCUT2D eigenvalue weighted by molar-refractivity contribution is 5.72. The minimum Gasteiger partial charge on any atom is -0.453 e. The summed E-state index contributed by atoms with van der Waals surface area (Å²) in [6, 6.07) is 0. The molecule has 0 aromatic heterocycles. The number of carbonyl (C=O) groups is 4. The topological polar surface area (TPSA) is 99.7 Å². The van der Waals surface area contributed by atoms with Crippen molar-refractivity contribution in [3.8, 4) is 0 Å². The SMILES string of the molecule is C.CC(=O)N(C)C.CC(=O)N(C)C.COC(=O)N(C)C.COC(=O)N(C)C. The normalized spacial score (nSPS) is 7.56. The molecule has 0 aliphatic carbocycles. The van der Waals surface area contributed by atoms with Gasteiger partial charge in [0.1, 0.15) is 0 Å². The summed E-state index contributed by atoms with van der Waals surface area (Å²) in [7, 11) is 16.1. The highest BCUT2D eigenvalue weighted by Gasteiger charge is 1.97. The zero-order valence-corrected chi connectivity index (χ0v) is 18.2. The van der Waals surface area contributed by atoms with Crippen LogP contribution in [0.1, 0.15) is 21.3 Å². The second-order valence-corrected chi connectivity index (χ2v) is 5.56. The first-order chi connectivity index (χ1) is 11.6. The summed E-state index contributed by atoms with van der Waals surface area (Å²) in [4.78, 5) is 46.3. The highest BCUT2D eigenvalue weighted by Crippen LogP contribution is 1.79. The van der Waals surface area contributed by atoms with E-state index in [0.717, 1.165) is 0 Å². The van der Waals surface area contributed by atoms with E-state index in [1.807, 2.05) is 0 Å². The third-order valence-electron chi connectivity index (χ3n) is 2.34. The van der Waals surface area contributed by atoms with Crippen LogP contribution in [-0.2, 0) is 19.1 Å². The number of methoxy groups -OCH3 is 2. The van der Waals surface area contributed by atoms with Crippen molar-refractivity contribution >= 4 is 24.0 Å². The maximum absolute atomic E-state index is 10.2. The molecular formula is C17H40N4O6. The van der Waals surface area contributed by atoms with Crippen LogP contribution >= 0.6 is 0 Å². The quantitative estimate of drug-likeness (QED) is 0.614. The minimum atomic E-state index is -0.319. The Kier molecular flexibility index (Phi) is 28.4. The smallest absolute Gasteiger partial charge is 0.408 e. The molecule has 0 N–H and O–H groups in total. The molecule has 0 bridgehead atoms. The first-order valence-corrected chi connectivity index (χ1v) is 7.51. The number of hydrogen-bond donors (Lipinski definition) is 0. The molecule has 0 aromatic rings. The molecule has 0 aromatic carbocycles. The Bertz CT molecular complexity index is 372. The van der Waals surface area contributed by atoms with Gasteiger partial charge in [0.25, 0.3) is 0 Å². The van der Waals surface area contributed by atoms with Gasteiger partial charge in [-0.3, -0.25) is 9.59 Å². The third kappa shape index (κ3) is 35.5. The van der Waals surface area contributed by atoms with Crippen molar-refractivity contribution in [1.29, 1.82) is 0 Å². The van der Waals surface area contributed by atoms with E-state index in [-0.39, 0.29) is 31.4 Å². The van der Waals surface area contributed by atoms with Crippen molar-refractivity contribution in [2.45, 2.75) is 21.3 Å². The lowest BCUT2D eigenvalue weighted by Crippen LogP contribution is -2.20. The Balaban J connectivity index is -0.0000000789. The van der Waals surface area contributed by atoms with Gasteiger partial charge in [0.15, 0.2) is 0 Å². The molecule has 0 radical (unpaired) electrons. The van der Waals surface area contributed by atoms with Crippen LogP contribution in [0.2, 0.25) is 0 Å². The van der Waals surface area contributed by atoms with Gasteiger partial charge in [0.2, 0.25) is 11.8 Å². The van der Waals surface area contributed by atoms with Crippen LogP contribution in [0, 0.1) is 0 Å². The Morgan fingerprint density at radius 3 is 0.667 bits per heavy atom. The summed E-state index contributed by atoms with van der Waals surface area (Å²) in [6.45, 7) is 3.06. The Morgan fingerprint density at radius 2 is 0.667 bits per heavy atom. The Morgan fingerprint density at radius 1 is 0.519 bits per heavy atom. The van der Waals surface area contributed by atoms with Gasteiger partial charge in [0, 0.05) is 70.2 Å². The molecule has 10 heteroatoms. The molecule has 0 spiro atoms. The molecule has 0 heterocycles. The standard InChI is InChI=1S/2C4H9NO2.2C4H9NO.CH4/c2*1-5(2)4(6)7-3;2*1-4(6)5(2)3;/h2*1-3H3;2*1-3H3;1H4. The number of nitrogens with zero attached hydrogens (tertiary/aromatic N) is 4. The van der Waals surface area contributed by atoms with Crippen LogP contribution < -0.4 is 0 Å². The maximum Gasteiger partial charge on any atom is 0.408 e. The Hall–Kier alpha value is -2.52. The summed E-state index contributed by atoms with van der Waals surface area (Å²) in [5.74, 6) is 0.185. The Labute approximate surface area is 165 Å². The second-order valence-electron chi connectivity index (χ2n) is 5.56. The fraction of sp³-hybridized carbons (Fsp3) is 0.765. The van der Waals surface area contributed by atoms with Crippen molar-refractivity contribution in [3.63, 3.8) is 0 Å². The molecule has 0 aliphatic heterocycles. The average molecular weight is 397 g/mol. The van der Waals surface area contributed by atoms with Crippen molar-refractivity contribution < 1.29 is 28.7 Å². The molecule has 0 unspecified atom stereocenters. The zero-order valence-electron chi connectivity index (χ0n) is 18.2. The summed E-state index contributed by atoms with van der Waals surface area (Å²) in [5.41, 5.74) is 0. The van der Waals surface area contributed by atoms with Crippen molar-refractivity contribution in [1.82, 2.24) is 19.6 Å². The van der Waals surface area contributed by atoms with Gasteiger partial charge in [-0.25, -0.2) is 9.59 Å². The number of rotatable bonds is 0. The minimum absolute atomic E-state index is 0. The summed E-state index contributed by atoms with van der Waals surface area (Å²) in [6.07, 6.45) is -0.639. The molecule has 0 aliphatic rings. The highest BCUT2D eigenvalue weighted by atomic mass is 16.5. The maximum atomic E-state index is 10.2. The summed E-state index contributed by atoms with van der Waals surface area (Å²) >= 11 is 0. The van der Waals surface area contributed by atoms with Crippen LogP contribution in [0.15, 0.2) is 0 Å². The van der Waals surface area contributed by atoms with Crippen molar-refractivity contribution in [3.05, 3.63) is 0 Å². The first kappa shape index (κ1) is 35.6. The van der Waals surface area contributed by atoms with Crippen molar-refractivity contribution in [2.24, 2.45) is 0 Å². The van der Waals surface area contributed by atoms with E-state index >= 15 is 0 Å². The number of amides is 4. The van der Waals surface area contributed by atoms with E-state index in [1.165, 1.54) is 47.7 Å². The lowest BCUT2D eigenvalue weighted by atomic mass is 10.7. The van der Waals surface area contributed by atoms with Gasteiger partial charge in [-0.2, -0.15) is 0 Å². The largest absolute Gasteiger partial charge is 0.453 e. The van der Waals surface area contributed by atoms with E-state index in [0.29, 0.717) is 0 Å². The third-order valence-corrected chi connectivity index (χ3v) is 2.34. The van der Waals surface area contributed by atoms with Crippen LogP contribution in [0.3, 0.4) is 0 Å². The fourth-order valence-electron chi connectivity index (χ4n) is 0.365. The summed E-state index contributed by atoms with van der Waals surface area (Å²) in [5, 5.41) is 0. The lowest BCUT2D eigenvalue weighted by molar-refractivity contribution is -0.127. The number of hydrogen-bond acceptors (Lipinski definition) is 6. The molecule has 4 amide bonds. The predicted octanol–water partition coefficient (Wildman–Crippen LogP) is 1.45. The van der Waals surface area contributed by atoms with Gasteiger partial charge in [0.05, 0.1) is 14.2 Å². The molecule has 0 rings (SSSR count). The van der Waals surface area contributed by atoms with Crippen molar-refractivity contribution in [2.75, 3.05) is 70.6 Å². The molecule has 0 fully saturated rings. The average Bonchev–Trinajstić information content (AvgIpc) is 2.54. The molecule has 10 nitrogen and oxygen atoms in total. The molecule has 27 heavy (non-hydrogen) atoms. The zero-order chi connectivity index (χ0) is 22.0. The van der Waals surface area contributed by atoms with E-state index in [9.17, 15) is 19.2 Å². The fourth-order valence-corrected chi connectivity index (χ4v) is 0.365. The second kappa shape index (κ2) is 21.5. The molecule has 0 saturated heterocycles. The molecule has 164 valence electrons. The van der Waals surface area contributed by atoms with Gasteiger partial charge in [-0.1, -0.05) is 7.43 Å². The van der Waals surface area contributed by atoms with Crippen LogP contribution in [-0.4, -0.2) is 114 Å². The first-order valence-electron chi connectivity index (χ1n) is 7.51. The number of carbonyl (C=O) groups excluding carboxylic acids is 4. The van der Waals surface area contributed by atoms with E-state index in [2.05, 4.69) is 9.47 Å². The van der Waals surface area contributed by atoms with Crippen LogP contribution in [0.5, 0.6) is 0 Å². The van der Waals surface area contributed by atoms with Crippen LogP contribution in [0.25, 0.3) is 0 Å². The summed E-state index contributed by atoms with van der Waals surface area (Å²) < 4.78 is 8.60. The van der Waals surface area contributed by atoms with Gasteiger partial charge in [-0.15, -0.1) is 0 Å². The van der Waals surface area contributed by atoms with E-state index < -0.39 is 0 Å². The van der Waals surface area contributed by atoms with Gasteiger partial charge in [-0.05, 0) is 0 Å².